The van der Waals surface area contributed by atoms with Crippen LogP contribution in [-0.2, 0) is 4.79 Å². The van der Waals surface area contributed by atoms with Crippen LogP contribution in [0.3, 0.4) is 0 Å². The highest BCUT2D eigenvalue weighted by molar-refractivity contribution is 6.30. The van der Waals surface area contributed by atoms with Crippen LogP contribution in [0.5, 0.6) is 0 Å². The summed E-state index contributed by atoms with van der Waals surface area (Å²) in [5.41, 5.74) is -0.249. The van der Waals surface area contributed by atoms with Gasteiger partial charge >= 0.3 is 0 Å². The Morgan fingerprint density at radius 1 is 1.35 bits per heavy atom. The van der Waals surface area contributed by atoms with E-state index >= 15 is 0 Å². The summed E-state index contributed by atoms with van der Waals surface area (Å²) in [6.07, 6.45) is -1.12. The molecule has 92 valence electrons. The molecule has 1 aliphatic rings. The number of rotatable bonds is 1. The molecule has 0 bridgehead atoms. The van der Waals surface area contributed by atoms with Crippen molar-refractivity contribution in [2.24, 2.45) is 0 Å². The lowest BCUT2D eigenvalue weighted by atomic mass is 10.1. The number of β-amino-alcohol motifs (C(OH)–C–C–N with tert-alkyl or cyclic N) is 1. The minimum absolute atomic E-state index is 0.0302. The lowest BCUT2D eigenvalue weighted by Crippen LogP contribution is -2.44. The molecule has 1 saturated heterocycles. The second-order valence-corrected chi connectivity index (χ2v) is 4.33. The van der Waals surface area contributed by atoms with Crippen molar-refractivity contribution in [3.63, 3.8) is 0 Å². The number of nitrogens with zero attached hydrogens (tertiary/aromatic N) is 1. The number of aliphatic hydroxyl groups excluding tert-OH is 1. The van der Waals surface area contributed by atoms with Crippen molar-refractivity contribution in [1.29, 1.82) is 0 Å². The van der Waals surface area contributed by atoms with Crippen LogP contribution in [0.2, 0.25) is 5.02 Å². The van der Waals surface area contributed by atoms with Crippen LogP contribution >= 0.6 is 11.6 Å². The van der Waals surface area contributed by atoms with Crippen molar-refractivity contribution in [3.8, 4) is 0 Å². The molecule has 0 amide bonds. The highest BCUT2D eigenvalue weighted by Gasteiger charge is 2.28. The third kappa shape index (κ3) is 2.40. The summed E-state index contributed by atoms with van der Waals surface area (Å²) in [5.74, 6) is -1.90. The summed E-state index contributed by atoms with van der Waals surface area (Å²) in [6.45, 7) is 0.0830. The summed E-state index contributed by atoms with van der Waals surface area (Å²) in [4.78, 5) is 12.4. The Bertz CT molecular complexity index is 444. The quantitative estimate of drug-likeness (QED) is 0.837. The van der Waals surface area contributed by atoms with E-state index in [1.54, 1.807) is 0 Å². The van der Waals surface area contributed by atoms with E-state index in [-0.39, 0.29) is 36.0 Å². The molecule has 17 heavy (non-hydrogen) atoms. The number of carbonyl (C=O) groups is 1. The second-order valence-electron chi connectivity index (χ2n) is 3.90. The molecule has 0 aliphatic carbocycles. The molecule has 3 nitrogen and oxygen atoms in total. The van der Waals surface area contributed by atoms with Gasteiger partial charge in [-0.15, -0.1) is 0 Å². The summed E-state index contributed by atoms with van der Waals surface area (Å²) in [5, 5.41) is 9.35. The van der Waals surface area contributed by atoms with Gasteiger partial charge < -0.3 is 10.0 Å². The normalized spacial score (nSPS) is 20.8. The minimum atomic E-state index is -1.20. The van der Waals surface area contributed by atoms with Gasteiger partial charge in [-0.05, 0) is 12.1 Å². The van der Waals surface area contributed by atoms with Gasteiger partial charge in [-0.2, -0.15) is 0 Å². The van der Waals surface area contributed by atoms with E-state index in [0.717, 1.165) is 12.1 Å². The first kappa shape index (κ1) is 12.3. The van der Waals surface area contributed by atoms with Gasteiger partial charge in [0.15, 0.2) is 17.4 Å². The van der Waals surface area contributed by atoms with Crippen molar-refractivity contribution >= 4 is 23.1 Å². The zero-order valence-corrected chi connectivity index (χ0v) is 9.55. The molecule has 1 aromatic rings. The molecular formula is C11H10ClF2NO2. The first-order valence-electron chi connectivity index (χ1n) is 5.09. The van der Waals surface area contributed by atoms with Crippen molar-refractivity contribution in [3.05, 3.63) is 28.8 Å². The molecule has 0 spiro atoms. The number of halogens is 3. The van der Waals surface area contributed by atoms with E-state index in [4.69, 9.17) is 11.6 Å². The summed E-state index contributed by atoms with van der Waals surface area (Å²) in [6, 6.07) is 2.01. The average Bonchev–Trinajstić information content (AvgIpc) is 2.21. The molecule has 1 unspecified atom stereocenters. The number of benzene rings is 1. The fraction of sp³-hybridized carbons (Fsp3) is 0.364. The van der Waals surface area contributed by atoms with Gasteiger partial charge in [-0.3, -0.25) is 4.79 Å². The van der Waals surface area contributed by atoms with Crippen LogP contribution in [0.25, 0.3) is 0 Å². The monoisotopic (exact) mass is 261 g/mol. The Morgan fingerprint density at radius 2 is 1.94 bits per heavy atom. The molecule has 1 aliphatic heterocycles. The zero-order chi connectivity index (χ0) is 12.6. The molecular weight excluding hydrogens is 252 g/mol. The number of piperidine rings is 1. The highest BCUT2D eigenvalue weighted by atomic mass is 35.5. The van der Waals surface area contributed by atoms with Crippen molar-refractivity contribution in [2.45, 2.75) is 12.5 Å². The van der Waals surface area contributed by atoms with E-state index in [9.17, 15) is 18.7 Å². The molecule has 1 N–H and O–H groups in total. The summed E-state index contributed by atoms with van der Waals surface area (Å²) >= 11 is 5.51. The highest BCUT2D eigenvalue weighted by Crippen LogP contribution is 2.28. The Hall–Kier alpha value is -1.20. The molecule has 1 fully saturated rings. The number of carbonyl (C=O) groups excluding carboxylic acids is 1. The predicted octanol–water partition coefficient (Wildman–Crippen LogP) is 1.76. The number of ketones is 1. The van der Waals surface area contributed by atoms with Crippen molar-refractivity contribution in [1.82, 2.24) is 0 Å². The molecule has 0 aromatic heterocycles. The molecule has 0 saturated carbocycles. The van der Waals surface area contributed by atoms with Crippen molar-refractivity contribution in [2.75, 3.05) is 18.0 Å². The largest absolute Gasteiger partial charge is 0.383 e. The van der Waals surface area contributed by atoms with Crippen LogP contribution < -0.4 is 4.90 Å². The molecule has 1 heterocycles. The van der Waals surface area contributed by atoms with Gasteiger partial charge in [0.05, 0.1) is 6.54 Å². The van der Waals surface area contributed by atoms with E-state index in [2.05, 4.69) is 0 Å². The Balaban J connectivity index is 2.32. The van der Waals surface area contributed by atoms with Gasteiger partial charge in [-0.25, -0.2) is 8.78 Å². The van der Waals surface area contributed by atoms with Crippen LogP contribution in [0.4, 0.5) is 14.5 Å². The third-order valence-electron chi connectivity index (χ3n) is 2.69. The summed E-state index contributed by atoms with van der Waals surface area (Å²) in [7, 11) is 0. The molecule has 1 atom stereocenters. The maximum Gasteiger partial charge on any atom is 0.164 e. The molecule has 6 heteroatoms. The lowest BCUT2D eigenvalue weighted by Gasteiger charge is -2.31. The third-order valence-corrected chi connectivity index (χ3v) is 2.91. The number of aliphatic hydroxyl groups is 1. The Kier molecular flexibility index (Phi) is 3.31. The number of Topliss-reactive ketones (excluding diaryl/α,β-unsaturated/α-hetero) is 1. The van der Waals surface area contributed by atoms with E-state index < -0.39 is 17.7 Å². The van der Waals surface area contributed by atoms with Gasteiger partial charge in [0, 0.05) is 18.0 Å². The molecule has 0 radical (unpaired) electrons. The Morgan fingerprint density at radius 3 is 2.47 bits per heavy atom. The number of anilines is 1. The van der Waals surface area contributed by atoms with Crippen LogP contribution in [-0.4, -0.2) is 30.1 Å². The standard InChI is InChI=1S/C11H10ClF2NO2/c12-6-3-7(13)11(8(14)4-6)15-2-1-9(16)10(17)5-15/h3-4,10,17H,1-2,5H2. The fourth-order valence-corrected chi connectivity index (χ4v) is 2.04. The van der Waals surface area contributed by atoms with Gasteiger partial charge in [0.2, 0.25) is 0 Å². The van der Waals surface area contributed by atoms with Gasteiger partial charge in [0.25, 0.3) is 0 Å². The maximum atomic E-state index is 13.6. The van der Waals surface area contributed by atoms with E-state index in [1.807, 2.05) is 0 Å². The first-order valence-corrected chi connectivity index (χ1v) is 5.47. The molecule has 1 aromatic carbocycles. The van der Waals surface area contributed by atoms with E-state index in [0.29, 0.717) is 0 Å². The number of hydrogen-bond acceptors (Lipinski definition) is 3. The van der Waals surface area contributed by atoms with Crippen LogP contribution in [0.1, 0.15) is 6.42 Å². The summed E-state index contributed by atoms with van der Waals surface area (Å²) < 4.78 is 27.2. The maximum absolute atomic E-state index is 13.6. The van der Waals surface area contributed by atoms with Gasteiger partial charge in [-0.1, -0.05) is 11.6 Å². The Labute approximate surface area is 102 Å². The molecule has 2 rings (SSSR count). The van der Waals surface area contributed by atoms with Crippen molar-refractivity contribution < 1.29 is 18.7 Å². The van der Waals surface area contributed by atoms with Crippen LogP contribution in [0, 0.1) is 11.6 Å². The topological polar surface area (TPSA) is 40.5 Å². The first-order chi connectivity index (χ1) is 7.99. The predicted molar refractivity (Wildman–Crippen MR) is 59.2 cm³/mol. The number of hydrogen-bond donors (Lipinski definition) is 1. The second kappa shape index (κ2) is 4.58. The minimum Gasteiger partial charge on any atom is -0.383 e. The van der Waals surface area contributed by atoms with Crippen LogP contribution in [0.15, 0.2) is 12.1 Å². The SMILES string of the molecule is O=C1CCN(c2c(F)cc(Cl)cc2F)CC1O. The lowest BCUT2D eigenvalue weighted by molar-refractivity contribution is -0.127. The average molecular weight is 262 g/mol. The smallest absolute Gasteiger partial charge is 0.164 e. The fourth-order valence-electron chi connectivity index (χ4n) is 1.85. The van der Waals surface area contributed by atoms with E-state index in [1.165, 1.54) is 4.90 Å². The zero-order valence-electron chi connectivity index (χ0n) is 8.79. The van der Waals surface area contributed by atoms with Gasteiger partial charge in [0.1, 0.15) is 11.8 Å².